The molecule has 0 amide bonds. The van der Waals surface area contributed by atoms with Gasteiger partial charge < -0.3 is 0 Å². The van der Waals surface area contributed by atoms with E-state index in [1.54, 1.807) is 0 Å². The Balaban J connectivity index is 1.35. The van der Waals surface area contributed by atoms with Gasteiger partial charge in [-0.05, 0) is 80.9 Å². The molecule has 1 spiro atoms. The monoisotopic (exact) mass is 562 g/mol. The molecule has 206 valence electrons. The van der Waals surface area contributed by atoms with Crippen LogP contribution in [0.2, 0.25) is 0 Å². The van der Waals surface area contributed by atoms with Crippen molar-refractivity contribution in [2.75, 3.05) is 0 Å². The van der Waals surface area contributed by atoms with E-state index in [1.807, 2.05) is 24.3 Å². The highest BCUT2D eigenvalue weighted by Crippen LogP contribution is 2.62. The van der Waals surface area contributed by atoms with Gasteiger partial charge in [0, 0.05) is 0 Å². The van der Waals surface area contributed by atoms with Crippen molar-refractivity contribution in [3.05, 3.63) is 174 Å². The molecular weight excluding hydrogens is 534 g/mol. The number of fused-ring (bicyclic) bond motifs is 10. The van der Waals surface area contributed by atoms with Crippen LogP contribution in [0.1, 0.15) is 22.3 Å². The number of aromatic nitrogens is 3. The first-order chi connectivity index (χ1) is 21.7. The van der Waals surface area contributed by atoms with Gasteiger partial charge in [-0.25, -0.2) is 4.57 Å². The Hall–Kier alpha value is -5.67. The summed E-state index contributed by atoms with van der Waals surface area (Å²) < 4.78 is 2.13. The fourth-order valence-corrected chi connectivity index (χ4v) is 7.53. The second kappa shape index (κ2) is 9.42. The summed E-state index contributed by atoms with van der Waals surface area (Å²) in [7, 11) is 2.07. The third-order valence-electron chi connectivity index (χ3n) is 9.38. The van der Waals surface area contributed by atoms with E-state index in [-0.39, 0.29) is 0 Å². The van der Waals surface area contributed by atoms with E-state index in [1.165, 1.54) is 44.5 Å². The Kier molecular flexibility index (Phi) is 5.33. The second-order valence-corrected chi connectivity index (χ2v) is 11.6. The molecule has 0 N–H and O–H groups in total. The predicted octanol–water partition coefficient (Wildman–Crippen LogP) is 8.65. The number of hydrogen-bond donors (Lipinski definition) is 0. The van der Waals surface area contributed by atoms with Crippen LogP contribution >= 0.6 is 0 Å². The van der Waals surface area contributed by atoms with Gasteiger partial charge in [0.2, 0.25) is 0 Å². The summed E-state index contributed by atoms with van der Waals surface area (Å²) in [4.78, 5) is 10.3. The minimum atomic E-state index is -0.398. The van der Waals surface area contributed by atoms with Crippen molar-refractivity contribution in [3.63, 3.8) is 0 Å². The topological polar surface area (TPSA) is 29.7 Å². The minimum absolute atomic E-state index is 0.398. The van der Waals surface area contributed by atoms with Crippen molar-refractivity contribution in [1.29, 1.82) is 0 Å². The Morgan fingerprint density at radius 1 is 0.409 bits per heavy atom. The number of benzene rings is 6. The van der Waals surface area contributed by atoms with Crippen LogP contribution in [0, 0.1) is 0 Å². The van der Waals surface area contributed by atoms with Crippen LogP contribution < -0.4 is 4.57 Å². The number of nitrogens with zero attached hydrogens (tertiary/aromatic N) is 3. The molecule has 0 unspecified atom stereocenters. The molecule has 0 fully saturated rings. The van der Waals surface area contributed by atoms with Gasteiger partial charge in [-0.3, -0.25) is 0 Å². The maximum atomic E-state index is 5.23. The van der Waals surface area contributed by atoms with Crippen LogP contribution in [0.3, 0.4) is 0 Å². The van der Waals surface area contributed by atoms with Crippen molar-refractivity contribution in [1.82, 2.24) is 9.97 Å². The van der Waals surface area contributed by atoms with Crippen molar-refractivity contribution in [3.8, 4) is 56.4 Å². The molecule has 0 saturated carbocycles. The largest absolute Gasteiger partial charge is 0.308 e. The standard InChI is InChI=1S/C41H28N3/c1-44-39(28-16-6-3-7-17-28)42-38(27-14-4-2-5-15-27)43-40(44)29-24-25-33-32-20-10-13-23-36(32)41(37(33)26-29)34-21-11-8-18-30(34)31-19-9-12-22-35(31)41/h2-26H,1H3/q+1. The molecule has 1 heterocycles. The highest BCUT2D eigenvalue weighted by atomic mass is 15.1. The fraction of sp³-hybridized carbons (Fsp3) is 0.0488. The zero-order valence-electron chi connectivity index (χ0n) is 24.3. The molecule has 0 atom stereocenters. The average molecular weight is 563 g/mol. The first-order valence-corrected chi connectivity index (χ1v) is 15.1. The molecule has 2 aliphatic rings. The Morgan fingerprint density at radius 2 is 0.841 bits per heavy atom. The zero-order valence-corrected chi connectivity index (χ0v) is 24.3. The quantitative estimate of drug-likeness (QED) is 0.202. The van der Waals surface area contributed by atoms with Crippen LogP contribution in [-0.4, -0.2) is 9.97 Å². The predicted molar refractivity (Wildman–Crippen MR) is 176 cm³/mol. The van der Waals surface area contributed by atoms with Gasteiger partial charge in [-0.2, -0.15) is 0 Å². The van der Waals surface area contributed by atoms with Crippen LogP contribution in [0.4, 0.5) is 0 Å². The molecule has 3 nitrogen and oxygen atoms in total. The van der Waals surface area contributed by atoms with E-state index in [0.717, 1.165) is 28.3 Å². The molecule has 0 radical (unpaired) electrons. The van der Waals surface area contributed by atoms with Crippen molar-refractivity contribution in [2.24, 2.45) is 7.05 Å². The summed E-state index contributed by atoms with van der Waals surface area (Å²) in [5, 5.41) is 0. The molecule has 1 aromatic heterocycles. The van der Waals surface area contributed by atoms with E-state index >= 15 is 0 Å². The van der Waals surface area contributed by atoms with Gasteiger partial charge in [-0.15, -0.1) is 0 Å². The van der Waals surface area contributed by atoms with Gasteiger partial charge >= 0.3 is 5.82 Å². The molecular formula is C41H28N3+. The molecule has 3 heteroatoms. The molecule has 0 bridgehead atoms. The lowest BCUT2D eigenvalue weighted by Gasteiger charge is -2.30. The van der Waals surface area contributed by atoms with Gasteiger partial charge in [-0.1, -0.05) is 125 Å². The third kappa shape index (κ3) is 3.35. The summed E-state index contributed by atoms with van der Waals surface area (Å²) in [5.74, 6) is 2.48. The summed E-state index contributed by atoms with van der Waals surface area (Å²) in [5.41, 5.74) is 13.2. The van der Waals surface area contributed by atoms with Crippen molar-refractivity contribution >= 4 is 0 Å². The fourth-order valence-electron chi connectivity index (χ4n) is 7.53. The lowest BCUT2D eigenvalue weighted by Crippen LogP contribution is -2.37. The first-order valence-electron chi connectivity index (χ1n) is 15.1. The molecule has 0 saturated heterocycles. The second-order valence-electron chi connectivity index (χ2n) is 11.6. The van der Waals surface area contributed by atoms with Crippen molar-refractivity contribution < 1.29 is 4.57 Å². The van der Waals surface area contributed by atoms with Crippen LogP contribution in [0.25, 0.3) is 56.4 Å². The van der Waals surface area contributed by atoms with Crippen LogP contribution in [0.5, 0.6) is 0 Å². The highest BCUT2D eigenvalue weighted by molar-refractivity contribution is 5.95. The van der Waals surface area contributed by atoms with Crippen molar-refractivity contribution in [2.45, 2.75) is 5.41 Å². The lowest BCUT2D eigenvalue weighted by atomic mass is 9.70. The first kappa shape index (κ1) is 24.9. The summed E-state index contributed by atoms with van der Waals surface area (Å²) >= 11 is 0. The maximum Gasteiger partial charge on any atom is 0.308 e. The summed E-state index contributed by atoms with van der Waals surface area (Å²) in [6.45, 7) is 0. The van der Waals surface area contributed by atoms with Gasteiger partial charge in [0.05, 0.1) is 29.2 Å². The zero-order chi connectivity index (χ0) is 29.3. The molecule has 7 aromatic rings. The van der Waals surface area contributed by atoms with Gasteiger partial charge in [0.15, 0.2) is 0 Å². The van der Waals surface area contributed by atoms with E-state index in [0.29, 0.717) is 5.82 Å². The molecule has 2 aliphatic carbocycles. The normalized spacial score (nSPS) is 13.3. The Morgan fingerprint density at radius 3 is 1.39 bits per heavy atom. The van der Waals surface area contributed by atoms with E-state index in [9.17, 15) is 0 Å². The smallest absolute Gasteiger partial charge is 0.229 e. The Bertz CT molecular complexity index is 2170. The SMILES string of the molecule is C[n+]1c(-c2ccccc2)nc(-c2ccccc2)nc1-c1ccc2c(c1)C1(c3ccccc3-c3ccccc31)c1ccccc1-2. The molecule has 0 aliphatic heterocycles. The molecule has 6 aromatic carbocycles. The molecule has 44 heavy (non-hydrogen) atoms. The van der Waals surface area contributed by atoms with E-state index in [2.05, 4.69) is 139 Å². The maximum absolute atomic E-state index is 5.23. The minimum Gasteiger partial charge on any atom is -0.229 e. The van der Waals surface area contributed by atoms with Gasteiger partial charge in [0.1, 0.15) is 0 Å². The highest BCUT2D eigenvalue weighted by Gasteiger charge is 2.51. The van der Waals surface area contributed by atoms with E-state index in [4.69, 9.17) is 9.97 Å². The number of hydrogen-bond acceptors (Lipinski definition) is 2. The average Bonchev–Trinajstić information content (AvgIpc) is 3.56. The summed E-state index contributed by atoms with van der Waals surface area (Å²) in [6.07, 6.45) is 0. The van der Waals surface area contributed by atoms with Gasteiger partial charge in [0.25, 0.3) is 11.6 Å². The van der Waals surface area contributed by atoms with Crippen LogP contribution in [0.15, 0.2) is 152 Å². The molecule has 9 rings (SSSR count). The lowest BCUT2D eigenvalue weighted by molar-refractivity contribution is -0.654. The summed E-state index contributed by atoms with van der Waals surface area (Å²) in [6, 6.07) is 54.4. The van der Waals surface area contributed by atoms with E-state index < -0.39 is 5.41 Å². The number of rotatable bonds is 3. The third-order valence-corrected chi connectivity index (χ3v) is 9.38. The Labute approximate surface area is 256 Å². The van der Waals surface area contributed by atoms with Crippen LogP contribution in [-0.2, 0) is 12.5 Å².